The van der Waals surface area contributed by atoms with E-state index in [1.54, 1.807) is 0 Å². The van der Waals surface area contributed by atoms with Crippen LogP contribution in [0.15, 0.2) is 0 Å². The Labute approximate surface area is 104 Å². The number of nitrogens with zero attached hydrogens (tertiary/aromatic N) is 1. The third kappa shape index (κ3) is 1.73. The van der Waals surface area contributed by atoms with Crippen LogP contribution < -0.4 is 0 Å². The summed E-state index contributed by atoms with van der Waals surface area (Å²) in [4.78, 5) is 8.69. The molecule has 1 N–H and O–H groups in total. The van der Waals surface area contributed by atoms with E-state index in [1.165, 1.54) is 68.6 Å². The molecule has 2 nitrogen and oxygen atoms in total. The van der Waals surface area contributed by atoms with Crippen LogP contribution in [0.2, 0.25) is 0 Å². The number of aromatic amines is 1. The van der Waals surface area contributed by atoms with Crippen LogP contribution in [0, 0.1) is 0 Å². The molecule has 1 saturated carbocycles. The number of H-pyrrole nitrogens is 1. The molecule has 1 fully saturated rings. The van der Waals surface area contributed by atoms with Crippen molar-refractivity contribution >= 4 is 0 Å². The highest BCUT2D eigenvalue weighted by molar-refractivity contribution is 5.25. The van der Waals surface area contributed by atoms with Gasteiger partial charge in [-0.05, 0) is 38.5 Å². The van der Waals surface area contributed by atoms with Crippen molar-refractivity contribution in [1.82, 2.24) is 9.97 Å². The van der Waals surface area contributed by atoms with E-state index in [2.05, 4.69) is 18.8 Å². The van der Waals surface area contributed by atoms with E-state index in [9.17, 15) is 0 Å². The van der Waals surface area contributed by atoms with E-state index in [0.29, 0.717) is 11.3 Å². The van der Waals surface area contributed by atoms with Crippen molar-refractivity contribution in [3.63, 3.8) is 0 Å². The summed E-state index contributed by atoms with van der Waals surface area (Å²) >= 11 is 0. The highest BCUT2D eigenvalue weighted by atomic mass is 15.0. The quantitative estimate of drug-likeness (QED) is 0.818. The SMILES string of the molecule is CCC1(c2nc3c([nH]2)CCCC3C)CCCC1. The summed E-state index contributed by atoms with van der Waals surface area (Å²) in [5, 5.41) is 0. The first-order valence-electron chi connectivity index (χ1n) is 7.34. The Morgan fingerprint density at radius 1 is 1.29 bits per heavy atom. The van der Waals surface area contributed by atoms with Crippen LogP contribution in [0.5, 0.6) is 0 Å². The van der Waals surface area contributed by atoms with Gasteiger partial charge in [-0.3, -0.25) is 0 Å². The lowest BCUT2D eigenvalue weighted by atomic mass is 9.82. The van der Waals surface area contributed by atoms with Gasteiger partial charge >= 0.3 is 0 Å². The van der Waals surface area contributed by atoms with Crippen molar-refractivity contribution < 1.29 is 0 Å². The van der Waals surface area contributed by atoms with E-state index in [4.69, 9.17) is 4.98 Å². The van der Waals surface area contributed by atoms with Gasteiger partial charge in [0.15, 0.2) is 0 Å². The molecule has 0 amide bonds. The fraction of sp³-hybridized carbons (Fsp3) is 0.800. The molecule has 17 heavy (non-hydrogen) atoms. The van der Waals surface area contributed by atoms with Gasteiger partial charge in [0.05, 0.1) is 5.69 Å². The molecule has 1 aromatic rings. The molecule has 1 atom stereocenters. The molecule has 1 heterocycles. The molecule has 2 aliphatic rings. The minimum absolute atomic E-state index is 0.386. The van der Waals surface area contributed by atoms with Crippen LogP contribution in [-0.4, -0.2) is 9.97 Å². The standard InChI is InChI=1S/C15H24N2/c1-3-15(9-4-5-10-15)14-16-12-8-6-7-11(2)13(12)17-14/h11H,3-10H2,1-2H3,(H,16,17). The van der Waals surface area contributed by atoms with Gasteiger partial charge in [-0.15, -0.1) is 0 Å². The minimum Gasteiger partial charge on any atom is -0.345 e. The summed E-state index contributed by atoms with van der Waals surface area (Å²) in [6.45, 7) is 4.66. The molecule has 0 bridgehead atoms. The molecule has 0 saturated heterocycles. The third-order valence-electron chi connectivity index (χ3n) is 5.08. The molecule has 0 aromatic carbocycles. The summed E-state index contributed by atoms with van der Waals surface area (Å²) in [5.41, 5.74) is 3.21. The number of hydrogen-bond donors (Lipinski definition) is 1. The fourth-order valence-electron chi connectivity index (χ4n) is 3.80. The Balaban J connectivity index is 1.98. The molecule has 0 aliphatic heterocycles. The zero-order valence-corrected chi connectivity index (χ0v) is 11.2. The summed E-state index contributed by atoms with van der Waals surface area (Å²) in [5.74, 6) is 1.98. The maximum Gasteiger partial charge on any atom is 0.112 e. The normalized spacial score (nSPS) is 27.1. The van der Waals surface area contributed by atoms with E-state index < -0.39 is 0 Å². The van der Waals surface area contributed by atoms with Crippen molar-refractivity contribution in [2.45, 2.75) is 76.5 Å². The van der Waals surface area contributed by atoms with Crippen molar-refractivity contribution in [1.29, 1.82) is 0 Å². The molecular weight excluding hydrogens is 208 g/mol. The van der Waals surface area contributed by atoms with Gasteiger partial charge in [0.2, 0.25) is 0 Å². The van der Waals surface area contributed by atoms with Crippen molar-refractivity contribution in [3.8, 4) is 0 Å². The average molecular weight is 232 g/mol. The van der Waals surface area contributed by atoms with E-state index in [-0.39, 0.29) is 0 Å². The average Bonchev–Trinajstić information content (AvgIpc) is 2.96. The second kappa shape index (κ2) is 4.15. The first-order chi connectivity index (χ1) is 8.25. The molecule has 0 spiro atoms. The van der Waals surface area contributed by atoms with Gasteiger partial charge in [-0.25, -0.2) is 4.98 Å². The van der Waals surface area contributed by atoms with Gasteiger partial charge in [0.25, 0.3) is 0 Å². The van der Waals surface area contributed by atoms with Crippen LogP contribution in [0.4, 0.5) is 0 Å². The maximum atomic E-state index is 5.00. The number of hydrogen-bond acceptors (Lipinski definition) is 1. The molecule has 0 radical (unpaired) electrons. The summed E-state index contributed by atoms with van der Waals surface area (Å²) < 4.78 is 0. The molecule has 94 valence electrons. The number of fused-ring (bicyclic) bond motifs is 1. The Kier molecular flexibility index (Phi) is 2.76. The number of aromatic nitrogens is 2. The number of imidazole rings is 1. The molecule has 1 aromatic heterocycles. The van der Waals surface area contributed by atoms with Gasteiger partial charge in [0.1, 0.15) is 5.82 Å². The minimum atomic E-state index is 0.386. The van der Waals surface area contributed by atoms with Gasteiger partial charge in [0, 0.05) is 17.0 Å². The lowest BCUT2D eigenvalue weighted by molar-refractivity contribution is 0.401. The summed E-state index contributed by atoms with van der Waals surface area (Å²) in [7, 11) is 0. The fourth-order valence-corrected chi connectivity index (χ4v) is 3.80. The highest BCUT2D eigenvalue weighted by Crippen LogP contribution is 2.43. The number of aryl methyl sites for hydroxylation is 1. The Morgan fingerprint density at radius 2 is 2.06 bits per heavy atom. The van der Waals surface area contributed by atoms with Crippen LogP contribution in [-0.2, 0) is 11.8 Å². The zero-order chi connectivity index (χ0) is 11.9. The van der Waals surface area contributed by atoms with Crippen molar-refractivity contribution in [2.75, 3.05) is 0 Å². The van der Waals surface area contributed by atoms with Crippen LogP contribution >= 0.6 is 0 Å². The van der Waals surface area contributed by atoms with E-state index in [0.717, 1.165) is 0 Å². The first kappa shape index (κ1) is 11.3. The number of nitrogens with one attached hydrogen (secondary N) is 1. The smallest absolute Gasteiger partial charge is 0.112 e. The predicted molar refractivity (Wildman–Crippen MR) is 70.4 cm³/mol. The summed E-state index contributed by atoms with van der Waals surface area (Å²) in [6.07, 6.45) is 10.5. The largest absolute Gasteiger partial charge is 0.345 e. The maximum absolute atomic E-state index is 5.00. The van der Waals surface area contributed by atoms with Gasteiger partial charge < -0.3 is 4.98 Å². The van der Waals surface area contributed by atoms with Crippen LogP contribution in [0.1, 0.15) is 81.9 Å². The number of rotatable bonds is 2. The van der Waals surface area contributed by atoms with Crippen LogP contribution in [0.3, 0.4) is 0 Å². The second-order valence-electron chi connectivity index (χ2n) is 6.08. The van der Waals surface area contributed by atoms with Crippen LogP contribution in [0.25, 0.3) is 0 Å². The Morgan fingerprint density at radius 3 is 2.71 bits per heavy atom. The molecule has 2 heteroatoms. The van der Waals surface area contributed by atoms with Gasteiger partial charge in [-0.1, -0.05) is 26.7 Å². The Hall–Kier alpha value is -0.790. The lowest BCUT2D eigenvalue weighted by Gasteiger charge is -2.24. The van der Waals surface area contributed by atoms with E-state index in [1.807, 2.05) is 0 Å². The van der Waals surface area contributed by atoms with Crippen molar-refractivity contribution in [3.05, 3.63) is 17.2 Å². The molecule has 3 rings (SSSR count). The summed E-state index contributed by atoms with van der Waals surface area (Å²) in [6, 6.07) is 0. The van der Waals surface area contributed by atoms with Gasteiger partial charge in [-0.2, -0.15) is 0 Å². The monoisotopic (exact) mass is 232 g/mol. The first-order valence-corrected chi connectivity index (χ1v) is 7.34. The highest BCUT2D eigenvalue weighted by Gasteiger charge is 2.37. The third-order valence-corrected chi connectivity index (χ3v) is 5.08. The second-order valence-corrected chi connectivity index (χ2v) is 6.08. The van der Waals surface area contributed by atoms with E-state index >= 15 is 0 Å². The molecule has 1 unspecified atom stereocenters. The Bertz CT molecular complexity index is 399. The van der Waals surface area contributed by atoms with Crippen molar-refractivity contribution in [2.24, 2.45) is 0 Å². The molecular formula is C15H24N2. The predicted octanol–water partition coefficient (Wildman–Crippen LogP) is 4.07. The topological polar surface area (TPSA) is 28.7 Å². The zero-order valence-electron chi connectivity index (χ0n) is 11.2. The molecule has 2 aliphatic carbocycles. The lowest BCUT2D eigenvalue weighted by Crippen LogP contribution is -2.22.